The van der Waals surface area contributed by atoms with Crippen LogP contribution in [0.15, 0.2) is 53.7 Å². The summed E-state index contributed by atoms with van der Waals surface area (Å²) in [5.74, 6) is 0.824. The number of benzene rings is 1. The first kappa shape index (κ1) is 21.3. The molecule has 0 amide bonds. The SMILES string of the molecule is CCNC(=NCc1ccccc1CN1CCN(CC)CC1)NCc1ccccn1. The van der Waals surface area contributed by atoms with Crippen molar-refractivity contribution in [2.45, 2.75) is 33.5 Å². The molecule has 6 heteroatoms. The second kappa shape index (κ2) is 11.5. The van der Waals surface area contributed by atoms with Gasteiger partial charge in [-0.25, -0.2) is 4.99 Å². The molecule has 1 saturated heterocycles. The number of nitrogens with one attached hydrogen (secondary N) is 2. The van der Waals surface area contributed by atoms with Crippen molar-refractivity contribution in [2.24, 2.45) is 4.99 Å². The Kier molecular flexibility index (Phi) is 8.46. The Morgan fingerprint density at radius 3 is 2.34 bits per heavy atom. The molecule has 1 fully saturated rings. The maximum Gasteiger partial charge on any atom is 0.191 e. The number of pyridine rings is 1. The molecule has 0 radical (unpaired) electrons. The van der Waals surface area contributed by atoms with E-state index >= 15 is 0 Å². The summed E-state index contributed by atoms with van der Waals surface area (Å²) in [6.07, 6.45) is 1.82. The number of piperazine rings is 1. The molecule has 156 valence electrons. The Hall–Kier alpha value is -2.44. The van der Waals surface area contributed by atoms with Crippen molar-refractivity contribution in [3.8, 4) is 0 Å². The molecule has 0 atom stereocenters. The minimum atomic E-state index is 0.663. The quantitative estimate of drug-likeness (QED) is 0.532. The molecule has 2 aromatic rings. The molecule has 29 heavy (non-hydrogen) atoms. The standard InChI is InChI=1S/C23H34N6/c1-3-24-23(27-18-22-11-7-8-12-25-22)26-17-20-9-5-6-10-21(20)19-29-15-13-28(4-2)14-16-29/h5-12H,3-4,13-19H2,1-2H3,(H2,24,26,27). The first-order valence-electron chi connectivity index (χ1n) is 10.7. The third-order valence-electron chi connectivity index (χ3n) is 5.34. The molecule has 2 heterocycles. The van der Waals surface area contributed by atoms with Crippen molar-refractivity contribution in [3.63, 3.8) is 0 Å². The van der Waals surface area contributed by atoms with Crippen molar-refractivity contribution in [1.29, 1.82) is 0 Å². The van der Waals surface area contributed by atoms with Gasteiger partial charge in [-0.15, -0.1) is 0 Å². The Labute approximate surface area is 175 Å². The Balaban J connectivity index is 1.60. The molecule has 1 aromatic heterocycles. The summed E-state index contributed by atoms with van der Waals surface area (Å²) in [6, 6.07) is 14.6. The summed E-state index contributed by atoms with van der Waals surface area (Å²) in [7, 11) is 0. The minimum Gasteiger partial charge on any atom is -0.357 e. The van der Waals surface area contributed by atoms with Crippen molar-refractivity contribution < 1.29 is 0 Å². The topological polar surface area (TPSA) is 55.8 Å². The van der Waals surface area contributed by atoms with Gasteiger partial charge in [-0.2, -0.15) is 0 Å². The van der Waals surface area contributed by atoms with Gasteiger partial charge in [-0.05, 0) is 36.7 Å². The van der Waals surface area contributed by atoms with Gasteiger partial charge in [-0.1, -0.05) is 37.3 Å². The van der Waals surface area contributed by atoms with E-state index in [0.717, 1.165) is 44.4 Å². The van der Waals surface area contributed by atoms with Crippen LogP contribution < -0.4 is 10.6 Å². The third kappa shape index (κ3) is 6.84. The fraction of sp³-hybridized carbons (Fsp3) is 0.478. The van der Waals surface area contributed by atoms with Gasteiger partial charge in [-0.3, -0.25) is 9.88 Å². The number of guanidine groups is 1. The van der Waals surface area contributed by atoms with Crippen molar-refractivity contribution in [2.75, 3.05) is 39.3 Å². The van der Waals surface area contributed by atoms with E-state index in [1.54, 1.807) is 0 Å². The zero-order chi connectivity index (χ0) is 20.3. The van der Waals surface area contributed by atoms with Crippen molar-refractivity contribution in [1.82, 2.24) is 25.4 Å². The van der Waals surface area contributed by atoms with Gasteiger partial charge in [0.2, 0.25) is 0 Å². The first-order chi connectivity index (χ1) is 14.3. The summed E-state index contributed by atoms with van der Waals surface area (Å²) in [5, 5.41) is 6.71. The highest BCUT2D eigenvalue weighted by Crippen LogP contribution is 2.14. The predicted molar refractivity (Wildman–Crippen MR) is 120 cm³/mol. The number of hydrogen-bond acceptors (Lipinski definition) is 4. The molecule has 3 rings (SSSR count). The lowest BCUT2D eigenvalue weighted by molar-refractivity contribution is 0.131. The van der Waals surface area contributed by atoms with Gasteiger partial charge in [0.05, 0.1) is 18.8 Å². The number of likely N-dealkylation sites (N-methyl/N-ethyl adjacent to an activating group) is 1. The van der Waals surface area contributed by atoms with Crippen LogP contribution in [0.4, 0.5) is 0 Å². The Morgan fingerprint density at radius 1 is 0.931 bits per heavy atom. The van der Waals surface area contributed by atoms with Crippen LogP contribution in [-0.2, 0) is 19.6 Å². The number of nitrogens with zero attached hydrogens (tertiary/aromatic N) is 4. The molecular weight excluding hydrogens is 360 g/mol. The summed E-state index contributed by atoms with van der Waals surface area (Å²) < 4.78 is 0. The summed E-state index contributed by atoms with van der Waals surface area (Å²) in [6.45, 7) is 13.3. The molecular formula is C23H34N6. The van der Waals surface area contributed by atoms with Crippen LogP contribution >= 0.6 is 0 Å². The van der Waals surface area contributed by atoms with E-state index in [1.165, 1.54) is 24.2 Å². The van der Waals surface area contributed by atoms with Crippen LogP contribution in [0, 0.1) is 0 Å². The molecule has 1 aliphatic heterocycles. The van der Waals surface area contributed by atoms with E-state index in [0.29, 0.717) is 13.1 Å². The van der Waals surface area contributed by atoms with E-state index in [9.17, 15) is 0 Å². The lowest BCUT2D eigenvalue weighted by Crippen LogP contribution is -2.45. The smallest absolute Gasteiger partial charge is 0.191 e. The highest BCUT2D eigenvalue weighted by Gasteiger charge is 2.16. The van der Waals surface area contributed by atoms with Crippen LogP contribution in [0.1, 0.15) is 30.7 Å². The molecule has 1 aromatic carbocycles. The Morgan fingerprint density at radius 2 is 1.66 bits per heavy atom. The fourth-order valence-electron chi connectivity index (χ4n) is 3.55. The van der Waals surface area contributed by atoms with Gasteiger partial charge < -0.3 is 15.5 Å². The Bertz CT molecular complexity index is 753. The minimum absolute atomic E-state index is 0.663. The lowest BCUT2D eigenvalue weighted by Gasteiger charge is -2.34. The van der Waals surface area contributed by atoms with Gasteiger partial charge in [0.25, 0.3) is 0 Å². The molecule has 0 saturated carbocycles. The number of aliphatic imine (C=N–C) groups is 1. The monoisotopic (exact) mass is 394 g/mol. The number of rotatable bonds is 8. The average molecular weight is 395 g/mol. The summed E-state index contributed by atoms with van der Waals surface area (Å²) in [5.41, 5.74) is 3.67. The zero-order valence-corrected chi connectivity index (χ0v) is 17.8. The zero-order valence-electron chi connectivity index (χ0n) is 17.8. The van der Waals surface area contributed by atoms with Gasteiger partial charge >= 0.3 is 0 Å². The van der Waals surface area contributed by atoms with Crippen LogP contribution in [0.3, 0.4) is 0 Å². The molecule has 6 nitrogen and oxygen atoms in total. The van der Waals surface area contributed by atoms with Crippen molar-refractivity contribution >= 4 is 5.96 Å². The maximum atomic E-state index is 4.82. The molecule has 2 N–H and O–H groups in total. The lowest BCUT2D eigenvalue weighted by atomic mass is 10.1. The van der Waals surface area contributed by atoms with Gasteiger partial charge in [0.1, 0.15) is 0 Å². The highest BCUT2D eigenvalue weighted by atomic mass is 15.3. The van der Waals surface area contributed by atoms with E-state index in [1.807, 2.05) is 24.4 Å². The fourth-order valence-corrected chi connectivity index (χ4v) is 3.55. The van der Waals surface area contributed by atoms with Crippen LogP contribution in [0.25, 0.3) is 0 Å². The van der Waals surface area contributed by atoms with Crippen molar-refractivity contribution in [3.05, 3.63) is 65.5 Å². The second-order valence-electron chi connectivity index (χ2n) is 7.35. The van der Waals surface area contributed by atoms with Gasteiger partial charge in [0.15, 0.2) is 5.96 Å². The average Bonchev–Trinajstić information content (AvgIpc) is 2.78. The largest absolute Gasteiger partial charge is 0.357 e. The van der Waals surface area contributed by atoms with Crippen LogP contribution in [0.2, 0.25) is 0 Å². The summed E-state index contributed by atoms with van der Waals surface area (Å²) >= 11 is 0. The highest BCUT2D eigenvalue weighted by molar-refractivity contribution is 5.79. The normalized spacial score (nSPS) is 16.0. The van der Waals surface area contributed by atoms with E-state index in [2.05, 4.69) is 63.5 Å². The maximum absolute atomic E-state index is 4.82. The second-order valence-corrected chi connectivity index (χ2v) is 7.35. The molecule has 0 bridgehead atoms. The first-order valence-corrected chi connectivity index (χ1v) is 10.7. The van der Waals surface area contributed by atoms with Gasteiger partial charge in [0, 0.05) is 45.5 Å². The molecule has 0 aliphatic carbocycles. The van der Waals surface area contributed by atoms with Crippen LogP contribution in [-0.4, -0.2) is 60.0 Å². The summed E-state index contributed by atoms with van der Waals surface area (Å²) in [4.78, 5) is 14.3. The van der Waals surface area contributed by atoms with E-state index in [-0.39, 0.29) is 0 Å². The van der Waals surface area contributed by atoms with Crippen LogP contribution in [0.5, 0.6) is 0 Å². The molecule has 1 aliphatic rings. The van der Waals surface area contributed by atoms with E-state index < -0.39 is 0 Å². The predicted octanol–water partition coefficient (Wildman–Crippen LogP) is 2.47. The number of hydrogen-bond donors (Lipinski definition) is 2. The third-order valence-corrected chi connectivity index (χ3v) is 5.34. The van der Waals surface area contributed by atoms with E-state index in [4.69, 9.17) is 4.99 Å². The molecule has 0 unspecified atom stereocenters. The number of aromatic nitrogens is 1. The molecule has 0 spiro atoms.